The molecular formula is C40H65FN4O6. The number of carbonyl (C=O) groups excluding carboxylic acids is 3. The van der Waals surface area contributed by atoms with Crippen molar-refractivity contribution in [2.24, 2.45) is 23.5 Å². The summed E-state index contributed by atoms with van der Waals surface area (Å²) in [6.45, 7) is 12.4. The number of esters is 1. The smallest absolute Gasteiger partial charge is 0.374 e. The normalized spacial score (nSPS) is 24.1. The Morgan fingerprint density at radius 1 is 1.06 bits per heavy atom. The maximum atomic E-state index is 12.2. The van der Waals surface area contributed by atoms with Crippen LogP contribution in [0.1, 0.15) is 109 Å². The van der Waals surface area contributed by atoms with Crippen LogP contribution in [0.3, 0.4) is 0 Å². The van der Waals surface area contributed by atoms with Crippen molar-refractivity contribution in [2.45, 2.75) is 123 Å². The first-order valence-corrected chi connectivity index (χ1v) is 19.3. The maximum Gasteiger partial charge on any atom is 0.374 e. The Balaban J connectivity index is 0.000000235. The molecule has 2 aliphatic heterocycles. The van der Waals surface area contributed by atoms with Crippen LogP contribution in [-0.2, 0) is 19.1 Å². The molecular weight excluding hydrogens is 651 g/mol. The van der Waals surface area contributed by atoms with E-state index in [1.807, 2.05) is 6.92 Å². The average Bonchev–Trinajstić information content (AvgIpc) is 3.71. The molecule has 288 valence electrons. The number of fused-ring (bicyclic) bond motifs is 1. The largest absolute Gasteiger partial charge is 0.460 e. The third-order valence-electron chi connectivity index (χ3n) is 10.7. The van der Waals surface area contributed by atoms with E-state index in [1.165, 1.54) is 45.1 Å². The summed E-state index contributed by atoms with van der Waals surface area (Å²) in [6.07, 6.45) is 15.0. The predicted molar refractivity (Wildman–Crippen MR) is 202 cm³/mol. The van der Waals surface area contributed by atoms with Gasteiger partial charge in [0, 0.05) is 48.7 Å². The van der Waals surface area contributed by atoms with Crippen LogP contribution in [0, 0.1) is 17.8 Å². The molecule has 2 saturated heterocycles. The van der Waals surface area contributed by atoms with E-state index in [-0.39, 0.29) is 29.9 Å². The zero-order valence-electron chi connectivity index (χ0n) is 31.8. The molecule has 3 N–H and O–H groups in total. The lowest BCUT2D eigenvalue weighted by Gasteiger charge is -2.35. The van der Waals surface area contributed by atoms with Gasteiger partial charge in [-0.3, -0.25) is 9.69 Å². The number of ether oxygens (including phenoxy) is 2. The standard InChI is InChI=1S/C19H24N2O5.C12H23N.C9H18FNO/c1-13-10-21(11-14(2)25-13)6-3-7-24-19(23)18-9-15-8-16(20-12-22)4-5-17(15)26-18;1-10-12(8-9-13(10)2)11-6-4-3-5-7-11;1-2-8(7-12)4-3-5-9(11)6-10/h4-5,8-9,12-14H,3,6-7,10-11H2,1-2H3,(H,20,22);10-12H,3-9H2,1-2H3;7-9H,2-6,11H2,1H3. The van der Waals surface area contributed by atoms with E-state index in [9.17, 15) is 18.8 Å². The molecule has 11 heteroatoms. The number of alkyl halides is 1. The molecule has 3 fully saturated rings. The number of carbonyl (C=O) groups is 3. The van der Waals surface area contributed by atoms with Gasteiger partial charge in [0.05, 0.1) is 18.8 Å². The number of benzene rings is 1. The Hall–Kier alpha value is -2.86. The molecule has 51 heavy (non-hydrogen) atoms. The van der Waals surface area contributed by atoms with Crippen LogP contribution < -0.4 is 11.1 Å². The van der Waals surface area contributed by atoms with Crippen LogP contribution in [0.25, 0.3) is 11.0 Å². The predicted octanol–water partition coefficient (Wildman–Crippen LogP) is 7.24. The molecule has 6 unspecified atom stereocenters. The van der Waals surface area contributed by atoms with Crippen molar-refractivity contribution < 1.29 is 32.7 Å². The van der Waals surface area contributed by atoms with Crippen molar-refractivity contribution in [3.63, 3.8) is 0 Å². The first-order valence-electron chi connectivity index (χ1n) is 19.3. The first kappa shape index (κ1) is 42.6. The molecule has 3 heterocycles. The summed E-state index contributed by atoms with van der Waals surface area (Å²) in [7, 11) is 2.29. The van der Waals surface area contributed by atoms with Gasteiger partial charge in [0.25, 0.3) is 0 Å². The van der Waals surface area contributed by atoms with Crippen molar-refractivity contribution in [1.29, 1.82) is 0 Å². The molecule has 1 aromatic heterocycles. The summed E-state index contributed by atoms with van der Waals surface area (Å²) in [5.74, 6) is 1.91. The van der Waals surface area contributed by atoms with Crippen LogP contribution >= 0.6 is 0 Å². The van der Waals surface area contributed by atoms with E-state index in [1.54, 1.807) is 24.3 Å². The summed E-state index contributed by atoms with van der Waals surface area (Å²) in [6, 6.07) is 7.29. The van der Waals surface area contributed by atoms with Gasteiger partial charge in [-0.05, 0) is 103 Å². The van der Waals surface area contributed by atoms with Gasteiger partial charge in [0.15, 0.2) is 0 Å². The van der Waals surface area contributed by atoms with Gasteiger partial charge in [-0.2, -0.15) is 0 Å². The van der Waals surface area contributed by atoms with Crippen molar-refractivity contribution in [3.05, 3.63) is 30.0 Å². The highest BCUT2D eigenvalue weighted by Crippen LogP contribution is 2.38. The highest BCUT2D eigenvalue weighted by molar-refractivity contribution is 5.94. The second-order valence-corrected chi connectivity index (χ2v) is 14.9. The summed E-state index contributed by atoms with van der Waals surface area (Å²) >= 11 is 0. The third-order valence-corrected chi connectivity index (χ3v) is 10.7. The SMILES string of the molecule is CC1C(C2CCCCC2)CCN1C.CC1CN(CCCOC(=O)c2cc3cc(NC=O)ccc3o2)CC(C)O1.CCC(C=O)CCCC(N)CF. The molecule has 5 rings (SSSR count). The Morgan fingerprint density at radius 3 is 2.39 bits per heavy atom. The van der Waals surface area contributed by atoms with Crippen LogP contribution in [0.2, 0.25) is 0 Å². The number of aldehydes is 1. The van der Waals surface area contributed by atoms with E-state index in [4.69, 9.17) is 19.6 Å². The summed E-state index contributed by atoms with van der Waals surface area (Å²) in [4.78, 5) is 37.9. The van der Waals surface area contributed by atoms with E-state index >= 15 is 0 Å². The number of anilines is 1. The topological polar surface area (TPSA) is 127 Å². The van der Waals surface area contributed by atoms with Crippen molar-refractivity contribution >= 4 is 35.3 Å². The number of halogens is 1. The number of amides is 1. The van der Waals surface area contributed by atoms with E-state index < -0.39 is 12.6 Å². The monoisotopic (exact) mass is 716 g/mol. The molecule has 1 aromatic carbocycles. The number of hydrogen-bond donors (Lipinski definition) is 2. The van der Waals surface area contributed by atoms with Gasteiger partial charge in [-0.25, -0.2) is 9.18 Å². The highest BCUT2D eigenvalue weighted by Gasteiger charge is 2.34. The molecule has 6 atom stereocenters. The lowest BCUT2D eigenvalue weighted by atomic mass is 9.77. The molecule has 0 bridgehead atoms. The minimum atomic E-state index is -0.477. The van der Waals surface area contributed by atoms with E-state index in [2.05, 4.69) is 42.9 Å². The molecule has 1 amide bonds. The van der Waals surface area contributed by atoms with Crippen molar-refractivity contribution in [1.82, 2.24) is 9.80 Å². The number of likely N-dealkylation sites (tertiary alicyclic amines) is 1. The van der Waals surface area contributed by atoms with E-state index in [0.29, 0.717) is 30.7 Å². The quantitative estimate of drug-likeness (QED) is 0.111. The molecule has 10 nitrogen and oxygen atoms in total. The summed E-state index contributed by atoms with van der Waals surface area (Å²) in [5, 5.41) is 3.30. The fourth-order valence-corrected chi connectivity index (χ4v) is 7.70. The lowest BCUT2D eigenvalue weighted by Crippen LogP contribution is -2.45. The Bertz CT molecular complexity index is 1290. The van der Waals surface area contributed by atoms with Gasteiger partial charge < -0.3 is 34.6 Å². The van der Waals surface area contributed by atoms with E-state index in [0.717, 1.165) is 74.9 Å². The highest BCUT2D eigenvalue weighted by atomic mass is 19.1. The molecule has 0 radical (unpaired) electrons. The number of morpholine rings is 1. The minimum absolute atomic E-state index is 0.136. The number of nitrogens with two attached hydrogens (primary N) is 1. The van der Waals surface area contributed by atoms with Crippen LogP contribution in [0.5, 0.6) is 0 Å². The Labute approximate surface area is 305 Å². The fourth-order valence-electron chi connectivity index (χ4n) is 7.70. The van der Waals surface area contributed by atoms with Crippen molar-refractivity contribution in [3.8, 4) is 0 Å². The number of nitrogens with one attached hydrogen (secondary N) is 1. The Morgan fingerprint density at radius 2 is 1.78 bits per heavy atom. The van der Waals surface area contributed by atoms with Gasteiger partial charge >= 0.3 is 5.97 Å². The van der Waals surface area contributed by atoms with Gasteiger partial charge in [-0.15, -0.1) is 0 Å². The molecule has 0 spiro atoms. The average molecular weight is 717 g/mol. The van der Waals surface area contributed by atoms with Gasteiger partial charge in [0.1, 0.15) is 18.5 Å². The lowest BCUT2D eigenvalue weighted by molar-refractivity contribution is -0.111. The molecule has 2 aromatic rings. The van der Waals surface area contributed by atoms with Crippen LogP contribution in [0.15, 0.2) is 28.7 Å². The zero-order valence-corrected chi connectivity index (χ0v) is 31.8. The van der Waals surface area contributed by atoms with Crippen LogP contribution in [-0.4, -0.2) is 99.3 Å². The molecule has 3 aliphatic rings. The maximum absolute atomic E-state index is 12.2. The van der Waals surface area contributed by atoms with Crippen molar-refractivity contribution in [2.75, 3.05) is 51.8 Å². The van der Waals surface area contributed by atoms with Gasteiger partial charge in [-0.1, -0.05) is 45.4 Å². The second-order valence-electron chi connectivity index (χ2n) is 14.9. The van der Waals surface area contributed by atoms with Gasteiger partial charge in [0.2, 0.25) is 12.2 Å². The zero-order chi connectivity index (χ0) is 37.2. The third kappa shape index (κ3) is 14.6. The number of hydrogen-bond acceptors (Lipinski definition) is 9. The second kappa shape index (κ2) is 22.9. The van der Waals surface area contributed by atoms with Crippen LogP contribution in [0.4, 0.5) is 10.1 Å². The summed E-state index contributed by atoms with van der Waals surface area (Å²) in [5.41, 5.74) is 6.59. The minimum Gasteiger partial charge on any atom is -0.460 e. The number of rotatable bonds is 15. The first-order chi connectivity index (χ1) is 24.6. The molecule has 1 aliphatic carbocycles. The fraction of sp³-hybridized carbons (Fsp3) is 0.725. The summed E-state index contributed by atoms with van der Waals surface area (Å²) < 4.78 is 28.4. The number of nitrogens with zero attached hydrogens (tertiary/aromatic N) is 2. The molecule has 1 saturated carbocycles. The Kier molecular flexibility index (Phi) is 19.1. The number of furan rings is 1.